The van der Waals surface area contributed by atoms with Gasteiger partial charge in [-0.3, -0.25) is 0 Å². The molecule has 1 atom stereocenters. The number of hydrogen-bond acceptors (Lipinski definition) is 4. The van der Waals surface area contributed by atoms with E-state index in [1.807, 2.05) is 25.1 Å². The fourth-order valence-corrected chi connectivity index (χ4v) is 2.88. The monoisotopic (exact) mass is 276 g/mol. The summed E-state index contributed by atoms with van der Waals surface area (Å²) in [4.78, 5) is 1.34. The summed E-state index contributed by atoms with van der Waals surface area (Å²) in [5.41, 5.74) is 7.63. The van der Waals surface area contributed by atoms with Crippen molar-refractivity contribution in [2.75, 3.05) is 17.7 Å². The zero-order chi connectivity index (χ0) is 13.7. The van der Waals surface area contributed by atoms with Gasteiger partial charge >= 0.3 is 0 Å². The van der Waals surface area contributed by atoms with Gasteiger partial charge in [0.25, 0.3) is 0 Å². The molecular formula is C15H20N2OS. The van der Waals surface area contributed by atoms with Crippen molar-refractivity contribution in [1.29, 1.82) is 0 Å². The van der Waals surface area contributed by atoms with E-state index in [1.165, 1.54) is 4.88 Å². The number of nitrogen functional groups attached to an aromatic ring is 1. The molecule has 19 heavy (non-hydrogen) atoms. The molecule has 0 fully saturated rings. The second kappa shape index (κ2) is 6.48. The quantitative estimate of drug-likeness (QED) is 0.774. The minimum atomic E-state index is 0.316. The van der Waals surface area contributed by atoms with Crippen molar-refractivity contribution in [2.24, 2.45) is 0 Å². The van der Waals surface area contributed by atoms with Gasteiger partial charge in [0.1, 0.15) is 5.75 Å². The lowest BCUT2D eigenvalue weighted by Gasteiger charge is -2.18. The zero-order valence-corrected chi connectivity index (χ0v) is 12.2. The lowest BCUT2D eigenvalue weighted by molar-refractivity contribution is 0.340. The Hall–Kier alpha value is -1.68. The Bertz CT molecular complexity index is 511. The first kappa shape index (κ1) is 13.7. The van der Waals surface area contributed by atoms with Gasteiger partial charge < -0.3 is 15.8 Å². The molecule has 0 spiro atoms. The predicted molar refractivity (Wildman–Crippen MR) is 83.0 cm³/mol. The van der Waals surface area contributed by atoms with E-state index in [4.69, 9.17) is 10.5 Å². The van der Waals surface area contributed by atoms with Crippen LogP contribution in [-0.2, 0) is 0 Å². The Morgan fingerprint density at radius 2 is 2.16 bits per heavy atom. The van der Waals surface area contributed by atoms with Gasteiger partial charge in [0.05, 0.1) is 12.6 Å². The number of hydrogen-bond donors (Lipinski definition) is 2. The molecule has 102 valence electrons. The molecule has 0 aliphatic heterocycles. The maximum atomic E-state index is 5.91. The van der Waals surface area contributed by atoms with Crippen LogP contribution < -0.4 is 15.8 Å². The fourth-order valence-electron chi connectivity index (χ4n) is 2.02. The van der Waals surface area contributed by atoms with Gasteiger partial charge in [-0.25, -0.2) is 0 Å². The summed E-state index contributed by atoms with van der Waals surface area (Å²) < 4.78 is 5.52. The van der Waals surface area contributed by atoms with Crippen molar-refractivity contribution in [3.63, 3.8) is 0 Å². The highest BCUT2D eigenvalue weighted by Crippen LogP contribution is 2.29. The van der Waals surface area contributed by atoms with E-state index in [0.29, 0.717) is 12.6 Å². The van der Waals surface area contributed by atoms with Crippen molar-refractivity contribution in [3.05, 3.63) is 40.6 Å². The van der Waals surface area contributed by atoms with Gasteiger partial charge in [-0.15, -0.1) is 11.3 Å². The van der Waals surface area contributed by atoms with Crippen LogP contribution in [0.4, 0.5) is 11.4 Å². The van der Waals surface area contributed by atoms with Crippen LogP contribution in [0.15, 0.2) is 35.7 Å². The van der Waals surface area contributed by atoms with E-state index < -0.39 is 0 Å². The first-order valence-electron chi connectivity index (χ1n) is 6.56. The molecule has 2 aromatic rings. The molecule has 0 amide bonds. The van der Waals surface area contributed by atoms with Gasteiger partial charge in [0, 0.05) is 28.4 Å². The molecule has 0 saturated carbocycles. The highest BCUT2D eigenvalue weighted by atomic mass is 32.1. The summed E-state index contributed by atoms with van der Waals surface area (Å²) in [6, 6.07) is 10.3. The molecule has 1 aromatic heterocycles. The molecule has 3 N–H and O–H groups in total. The average molecular weight is 276 g/mol. The number of nitrogens with two attached hydrogens (primary N) is 1. The zero-order valence-electron chi connectivity index (χ0n) is 11.3. The van der Waals surface area contributed by atoms with Gasteiger partial charge in [0.15, 0.2) is 0 Å². The van der Waals surface area contributed by atoms with E-state index in [1.54, 1.807) is 11.3 Å². The summed E-state index contributed by atoms with van der Waals surface area (Å²) >= 11 is 1.77. The molecule has 2 rings (SSSR count). The predicted octanol–water partition coefficient (Wildman–Crippen LogP) is 4.29. The topological polar surface area (TPSA) is 47.3 Å². The van der Waals surface area contributed by atoms with Crippen molar-refractivity contribution in [1.82, 2.24) is 0 Å². The van der Waals surface area contributed by atoms with E-state index in [0.717, 1.165) is 23.5 Å². The first-order valence-corrected chi connectivity index (χ1v) is 7.44. The third-order valence-corrected chi connectivity index (χ3v) is 3.86. The normalized spacial score (nSPS) is 12.1. The van der Waals surface area contributed by atoms with E-state index in [9.17, 15) is 0 Å². The summed E-state index contributed by atoms with van der Waals surface area (Å²) in [6.45, 7) is 4.79. The third kappa shape index (κ3) is 3.64. The van der Waals surface area contributed by atoms with E-state index in [2.05, 4.69) is 29.8 Å². The van der Waals surface area contributed by atoms with Crippen LogP contribution in [-0.4, -0.2) is 6.61 Å². The summed E-state index contributed by atoms with van der Waals surface area (Å²) in [5, 5.41) is 5.62. The number of thiophene rings is 1. The summed E-state index contributed by atoms with van der Waals surface area (Å²) in [7, 11) is 0. The number of benzene rings is 1. The lowest BCUT2D eigenvalue weighted by atomic mass is 10.1. The van der Waals surface area contributed by atoms with Crippen molar-refractivity contribution >= 4 is 22.7 Å². The standard InChI is InChI=1S/C15H20N2OS/c1-3-14(15-6-5-7-19-15)17-12-8-11(16)9-13(10-12)18-4-2/h5-10,14,17H,3-4,16H2,1-2H3. The van der Waals surface area contributed by atoms with Crippen LogP contribution in [0.25, 0.3) is 0 Å². The number of rotatable bonds is 6. The second-order valence-corrected chi connectivity index (χ2v) is 5.32. The molecular weight excluding hydrogens is 256 g/mol. The van der Waals surface area contributed by atoms with Crippen LogP contribution in [0.3, 0.4) is 0 Å². The highest BCUT2D eigenvalue weighted by Gasteiger charge is 2.10. The Balaban J connectivity index is 2.17. The minimum absolute atomic E-state index is 0.316. The maximum absolute atomic E-state index is 5.91. The van der Waals surface area contributed by atoms with Gasteiger partial charge in [0.2, 0.25) is 0 Å². The van der Waals surface area contributed by atoms with Crippen molar-refractivity contribution in [2.45, 2.75) is 26.3 Å². The van der Waals surface area contributed by atoms with Crippen LogP contribution >= 0.6 is 11.3 Å². The molecule has 0 saturated heterocycles. The Labute approximate surface area is 118 Å². The first-order chi connectivity index (χ1) is 9.22. The molecule has 1 unspecified atom stereocenters. The van der Waals surface area contributed by atoms with Crippen molar-refractivity contribution < 1.29 is 4.74 Å². The van der Waals surface area contributed by atoms with E-state index in [-0.39, 0.29) is 0 Å². The fraction of sp³-hybridized carbons (Fsp3) is 0.333. The number of ether oxygens (including phenoxy) is 1. The maximum Gasteiger partial charge on any atom is 0.123 e. The summed E-state index contributed by atoms with van der Waals surface area (Å²) in [6.07, 6.45) is 1.03. The van der Waals surface area contributed by atoms with Gasteiger partial charge in [-0.05, 0) is 30.9 Å². The molecule has 0 aliphatic carbocycles. The van der Waals surface area contributed by atoms with Crippen LogP contribution in [0.5, 0.6) is 5.75 Å². The molecule has 0 radical (unpaired) electrons. The highest BCUT2D eigenvalue weighted by molar-refractivity contribution is 7.10. The second-order valence-electron chi connectivity index (χ2n) is 4.34. The number of nitrogens with one attached hydrogen (secondary N) is 1. The Morgan fingerprint density at radius 3 is 2.79 bits per heavy atom. The largest absolute Gasteiger partial charge is 0.494 e. The lowest BCUT2D eigenvalue weighted by Crippen LogP contribution is -2.08. The van der Waals surface area contributed by atoms with E-state index >= 15 is 0 Å². The minimum Gasteiger partial charge on any atom is -0.494 e. The average Bonchev–Trinajstić information content (AvgIpc) is 2.89. The Morgan fingerprint density at radius 1 is 1.32 bits per heavy atom. The molecule has 1 heterocycles. The van der Waals surface area contributed by atoms with Crippen LogP contribution in [0.2, 0.25) is 0 Å². The number of anilines is 2. The van der Waals surface area contributed by atoms with Crippen LogP contribution in [0, 0.1) is 0 Å². The molecule has 0 aliphatic rings. The summed E-state index contributed by atoms with van der Waals surface area (Å²) in [5.74, 6) is 0.811. The third-order valence-electron chi connectivity index (χ3n) is 2.88. The van der Waals surface area contributed by atoms with Gasteiger partial charge in [-0.1, -0.05) is 13.0 Å². The molecule has 1 aromatic carbocycles. The Kier molecular flexibility index (Phi) is 4.68. The molecule has 0 bridgehead atoms. The molecule has 3 nitrogen and oxygen atoms in total. The SMILES string of the molecule is CCOc1cc(N)cc(NC(CC)c2cccs2)c1. The molecule has 4 heteroatoms. The smallest absolute Gasteiger partial charge is 0.123 e. The van der Waals surface area contributed by atoms with Crippen LogP contribution in [0.1, 0.15) is 31.2 Å². The van der Waals surface area contributed by atoms with Gasteiger partial charge in [-0.2, -0.15) is 0 Å². The van der Waals surface area contributed by atoms with Crippen molar-refractivity contribution in [3.8, 4) is 5.75 Å².